The van der Waals surface area contributed by atoms with Crippen LogP contribution in [0.15, 0.2) is 218 Å². The smallest absolute Gasteiger partial charge is 0.0719 e. The van der Waals surface area contributed by atoms with Gasteiger partial charge in [-0.1, -0.05) is 220 Å². The minimum absolute atomic E-state index is 0.191. The highest BCUT2D eigenvalue weighted by atomic mass is 14.6. The van der Waals surface area contributed by atoms with Crippen LogP contribution < -0.4 is 0 Å². The Labute approximate surface area is 365 Å². The van der Waals surface area contributed by atoms with E-state index in [4.69, 9.17) is 0 Å². The van der Waals surface area contributed by atoms with Gasteiger partial charge in [0.05, 0.1) is 11.1 Å². The lowest BCUT2D eigenvalue weighted by Crippen LogP contribution is -2.40. The summed E-state index contributed by atoms with van der Waals surface area (Å²) in [6.07, 6.45) is 8.84. The summed E-state index contributed by atoms with van der Waals surface area (Å²) in [6, 6.07) is 72.8. The van der Waals surface area contributed by atoms with Gasteiger partial charge in [0.1, 0.15) is 0 Å². The fourth-order valence-corrected chi connectivity index (χ4v) is 10.8. The molecule has 0 aromatic heterocycles. The Morgan fingerprint density at radius 3 is 1.63 bits per heavy atom. The van der Waals surface area contributed by atoms with Crippen LogP contribution in [-0.2, 0) is 10.8 Å². The van der Waals surface area contributed by atoms with E-state index in [-0.39, 0.29) is 5.41 Å². The topological polar surface area (TPSA) is 23.9 Å². The molecule has 11 rings (SSSR count). The molecule has 0 bridgehead atoms. The molecule has 1 nitrogen and oxygen atoms in total. The standard InChI is InChI=1S/C61H47N/c1-60(2)53-27-12-14-29-55(53)61(56-30-15-13-28-54(56)60)52-37-36-48(47-25-16-24-46(38-47)43-34-32-42(33-35-43)41-18-6-3-7-19-41)39-51(52)59-49(26-17-31-57(59)61)58(62)40-50(44-20-8-4-9-21-44)45-22-10-5-11-23-45/h3-15,17-24,26-40,62H,16,25H2,1-2H3. The van der Waals surface area contributed by atoms with Crippen LogP contribution in [0.5, 0.6) is 0 Å². The summed E-state index contributed by atoms with van der Waals surface area (Å²) in [7, 11) is 0. The molecule has 0 atom stereocenters. The Bertz CT molecular complexity index is 3030. The third kappa shape index (κ3) is 5.95. The summed E-state index contributed by atoms with van der Waals surface area (Å²) in [5, 5.41) is 10.1. The van der Waals surface area contributed by atoms with E-state index >= 15 is 0 Å². The first-order valence-corrected chi connectivity index (χ1v) is 21.9. The van der Waals surface area contributed by atoms with Gasteiger partial charge in [-0.2, -0.15) is 0 Å². The summed E-state index contributed by atoms with van der Waals surface area (Å²) in [6.45, 7) is 4.75. The molecule has 0 heterocycles. The minimum Gasteiger partial charge on any atom is -0.300 e. The van der Waals surface area contributed by atoms with E-state index < -0.39 is 5.41 Å². The largest absolute Gasteiger partial charge is 0.300 e. The number of nitrogens with one attached hydrogen (secondary N) is 1. The zero-order valence-electron chi connectivity index (χ0n) is 35.2. The molecule has 3 aliphatic rings. The molecule has 0 saturated heterocycles. The van der Waals surface area contributed by atoms with Crippen LogP contribution in [0.4, 0.5) is 0 Å². The van der Waals surface area contributed by atoms with Crippen molar-refractivity contribution in [1.82, 2.24) is 0 Å². The van der Waals surface area contributed by atoms with Crippen LogP contribution in [0.1, 0.15) is 87.9 Å². The third-order valence-corrected chi connectivity index (χ3v) is 13.7. The van der Waals surface area contributed by atoms with Crippen molar-refractivity contribution in [3.63, 3.8) is 0 Å². The van der Waals surface area contributed by atoms with Gasteiger partial charge in [-0.15, -0.1) is 0 Å². The Kier molecular flexibility index (Phi) is 9.09. The second kappa shape index (κ2) is 15.0. The van der Waals surface area contributed by atoms with Crippen LogP contribution in [0.25, 0.3) is 39.0 Å². The fraction of sp³-hybridized carbons (Fsp3) is 0.0984. The van der Waals surface area contributed by atoms with Crippen LogP contribution in [0.3, 0.4) is 0 Å². The van der Waals surface area contributed by atoms with E-state index in [2.05, 4.69) is 232 Å². The zero-order chi connectivity index (χ0) is 41.8. The van der Waals surface area contributed by atoms with E-state index in [1.54, 1.807) is 0 Å². The molecule has 0 unspecified atom stereocenters. The number of allylic oxidation sites excluding steroid dienone is 5. The maximum absolute atomic E-state index is 10.1. The molecule has 1 N–H and O–H groups in total. The van der Waals surface area contributed by atoms with Gasteiger partial charge in [0.15, 0.2) is 0 Å². The van der Waals surface area contributed by atoms with Crippen molar-refractivity contribution in [3.05, 3.63) is 280 Å². The highest BCUT2D eigenvalue weighted by Crippen LogP contribution is 2.63. The summed E-state index contributed by atoms with van der Waals surface area (Å²) >= 11 is 0. The Hall–Kier alpha value is -7.35. The first-order chi connectivity index (χ1) is 30.4. The average molecular weight is 794 g/mol. The van der Waals surface area contributed by atoms with Gasteiger partial charge < -0.3 is 5.41 Å². The molecule has 0 fully saturated rings. The predicted molar refractivity (Wildman–Crippen MR) is 260 cm³/mol. The van der Waals surface area contributed by atoms with Crippen LogP contribution >= 0.6 is 0 Å². The summed E-state index contributed by atoms with van der Waals surface area (Å²) < 4.78 is 0. The molecule has 62 heavy (non-hydrogen) atoms. The van der Waals surface area contributed by atoms with Gasteiger partial charge in [-0.25, -0.2) is 0 Å². The van der Waals surface area contributed by atoms with Crippen LogP contribution in [0, 0.1) is 5.41 Å². The first-order valence-electron chi connectivity index (χ1n) is 21.9. The van der Waals surface area contributed by atoms with Crippen molar-refractivity contribution in [3.8, 4) is 22.3 Å². The van der Waals surface area contributed by atoms with Crippen molar-refractivity contribution in [1.29, 1.82) is 5.41 Å². The monoisotopic (exact) mass is 793 g/mol. The summed E-state index contributed by atoms with van der Waals surface area (Å²) in [5.74, 6) is 0. The van der Waals surface area contributed by atoms with E-state index in [0.29, 0.717) is 5.71 Å². The number of hydrogen-bond acceptors (Lipinski definition) is 1. The van der Waals surface area contributed by atoms with Gasteiger partial charge >= 0.3 is 0 Å². The van der Waals surface area contributed by atoms with Crippen LogP contribution in [0.2, 0.25) is 0 Å². The molecular formula is C61H47N. The number of benzene rings is 8. The lowest BCUT2D eigenvalue weighted by atomic mass is 9.55. The number of hydrogen-bond donors (Lipinski definition) is 1. The molecule has 296 valence electrons. The Morgan fingerprint density at radius 1 is 0.484 bits per heavy atom. The van der Waals surface area contributed by atoms with E-state index in [0.717, 1.165) is 40.7 Å². The van der Waals surface area contributed by atoms with Crippen molar-refractivity contribution in [2.24, 2.45) is 0 Å². The highest BCUT2D eigenvalue weighted by Gasteiger charge is 2.53. The predicted octanol–water partition coefficient (Wildman–Crippen LogP) is 15.1. The van der Waals surface area contributed by atoms with Gasteiger partial charge in [0.25, 0.3) is 0 Å². The van der Waals surface area contributed by atoms with Gasteiger partial charge in [-0.3, -0.25) is 0 Å². The summed E-state index contributed by atoms with van der Waals surface area (Å²) in [4.78, 5) is 0. The normalized spacial score (nSPS) is 15.0. The van der Waals surface area contributed by atoms with Crippen molar-refractivity contribution in [2.75, 3.05) is 0 Å². The Morgan fingerprint density at radius 2 is 1.00 bits per heavy atom. The van der Waals surface area contributed by atoms with E-state index in [1.165, 1.54) is 72.3 Å². The third-order valence-electron chi connectivity index (χ3n) is 13.7. The first kappa shape index (κ1) is 37.6. The fourth-order valence-electron chi connectivity index (χ4n) is 10.8. The second-order valence-corrected chi connectivity index (χ2v) is 17.5. The lowest BCUT2D eigenvalue weighted by Gasteiger charge is -2.46. The molecule has 0 aliphatic heterocycles. The number of fused-ring (bicyclic) bond motifs is 9. The molecule has 0 radical (unpaired) electrons. The minimum atomic E-state index is -0.555. The highest BCUT2D eigenvalue weighted by molar-refractivity contribution is 6.17. The zero-order valence-corrected chi connectivity index (χ0v) is 35.2. The van der Waals surface area contributed by atoms with Crippen molar-refractivity contribution >= 4 is 22.4 Å². The second-order valence-electron chi connectivity index (χ2n) is 17.5. The van der Waals surface area contributed by atoms with Crippen LogP contribution in [-0.4, -0.2) is 5.71 Å². The van der Waals surface area contributed by atoms with Gasteiger partial charge in [0.2, 0.25) is 0 Å². The molecule has 0 amide bonds. The van der Waals surface area contributed by atoms with E-state index in [1.807, 2.05) is 0 Å². The van der Waals surface area contributed by atoms with Gasteiger partial charge in [-0.05, 0) is 120 Å². The lowest BCUT2D eigenvalue weighted by molar-refractivity contribution is 0.563. The summed E-state index contributed by atoms with van der Waals surface area (Å²) in [5.41, 5.74) is 21.7. The number of rotatable bonds is 7. The van der Waals surface area contributed by atoms with Crippen molar-refractivity contribution in [2.45, 2.75) is 37.5 Å². The maximum Gasteiger partial charge on any atom is 0.0719 e. The quantitative estimate of drug-likeness (QED) is 0.155. The average Bonchev–Trinajstić information content (AvgIpc) is 3.64. The SMILES string of the molecule is CC1(C)c2ccccc2C2(c3ccc(C4=CC(c5ccc(-c6ccccc6)cc5)=CCC4)cc3-c3c(C(=N)C=C(c4ccccc4)c4ccccc4)cccc32)c2ccccc21. The van der Waals surface area contributed by atoms with Crippen molar-refractivity contribution < 1.29 is 0 Å². The molecule has 1 heteroatoms. The molecule has 8 aromatic rings. The van der Waals surface area contributed by atoms with Gasteiger partial charge in [0, 0.05) is 11.0 Å². The molecular weight excluding hydrogens is 747 g/mol. The maximum atomic E-state index is 10.1. The molecule has 8 aromatic carbocycles. The van der Waals surface area contributed by atoms with E-state index in [9.17, 15) is 5.41 Å². The molecule has 0 saturated carbocycles. The Balaban J connectivity index is 1.11. The molecule has 1 spiro atoms. The molecule has 3 aliphatic carbocycles.